The van der Waals surface area contributed by atoms with E-state index in [0.717, 1.165) is 10.6 Å². The van der Waals surface area contributed by atoms with Crippen LogP contribution < -0.4 is 5.32 Å². The van der Waals surface area contributed by atoms with Gasteiger partial charge in [-0.15, -0.1) is 11.3 Å². The second kappa shape index (κ2) is 4.90. The predicted molar refractivity (Wildman–Crippen MR) is 64.0 cm³/mol. The lowest BCUT2D eigenvalue weighted by atomic mass is 10.4. The minimum absolute atomic E-state index is 0.0727. The van der Waals surface area contributed by atoms with Crippen LogP contribution in [0.5, 0.6) is 0 Å². The Hall–Kier alpha value is -0.980. The first-order chi connectivity index (χ1) is 7.65. The average molecular weight is 276 g/mol. The second-order valence-corrected chi connectivity index (χ2v) is 4.53. The van der Waals surface area contributed by atoms with Crippen LogP contribution in [-0.4, -0.2) is 19.9 Å². The van der Waals surface area contributed by atoms with Crippen molar-refractivity contribution in [3.63, 3.8) is 0 Å². The van der Waals surface area contributed by atoms with Crippen LogP contribution >= 0.6 is 34.5 Å². The van der Waals surface area contributed by atoms with Gasteiger partial charge in [0.15, 0.2) is 0 Å². The number of thiazole rings is 1. The molecule has 0 spiro atoms. The third-order valence-corrected chi connectivity index (χ3v) is 3.11. The highest BCUT2D eigenvalue weighted by molar-refractivity contribution is 7.09. The van der Waals surface area contributed by atoms with E-state index in [9.17, 15) is 0 Å². The zero-order chi connectivity index (χ0) is 11.5. The Bertz CT molecular complexity index is 481. The van der Waals surface area contributed by atoms with Gasteiger partial charge in [0.05, 0.1) is 17.7 Å². The van der Waals surface area contributed by atoms with Crippen LogP contribution in [0, 0.1) is 6.92 Å². The maximum Gasteiger partial charge on any atom is 0.228 e. The molecule has 0 saturated heterocycles. The molecule has 0 fully saturated rings. The van der Waals surface area contributed by atoms with Gasteiger partial charge >= 0.3 is 0 Å². The summed E-state index contributed by atoms with van der Waals surface area (Å²) in [6, 6.07) is 0. The fourth-order valence-electron chi connectivity index (χ4n) is 1.06. The van der Waals surface area contributed by atoms with E-state index in [4.69, 9.17) is 23.2 Å². The van der Waals surface area contributed by atoms with E-state index in [1.54, 1.807) is 16.8 Å². The Morgan fingerprint density at radius 1 is 1.25 bits per heavy atom. The molecule has 0 aliphatic rings. The van der Waals surface area contributed by atoms with Crippen LogP contribution in [0.3, 0.4) is 0 Å². The normalized spacial score (nSPS) is 10.4. The minimum Gasteiger partial charge on any atom is -0.349 e. The van der Waals surface area contributed by atoms with Gasteiger partial charge < -0.3 is 5.32 Å². The molecule has 0 atom stereocenters. The number of nitrogens with one attached hydrogen (secondary N) is 1. The molecule has 5 nitrogen and oxygen atoms in total. The molecule has 2 rings (SSSR count). The van der Waals surface area contributed by atoms with E-state index in [0.29, 0.717) is 12.5 Å². The largest absolute Gasteiger partial charge is 0.349 e. The van der Waals surface area contributed by atoms with Crippen molar-refractivity contribution in [3.05, 3.63) is 26.6 Å². The number of rotatable bonds is 3. The quantitative estimate of drug-likeness (QED) is 0.933. The summed E-state index contributed by atoms with van der Waals surface area (Å²) in [5.41, 5.74) is 2.78. The lowest BCUT2D eigenvalue weighted by Crippen LogP contribution is -2.04. The van der Waals surface area contributed by atoms with Crippen LogP contribution in [0.15, 0.2) is 5.51 Å². The van der Waals surface area contributed by atoms with Crippen molar-refractivity contribution in [3.8, 4) is 0 Å². The summed E-state index contributed by atoms with van der Waals surface area (Å²) in [4.78, 5) is 16.7. The molecule has 1 N–H and O–H groups in total. The zero-order valence-electron chi connectivity index (χ0n) is 8.24. The third-order valence-electron chi connectivity index (χ3n) is 1.83. The van der Waals surface area contributed by atoms with Gasteiger partial charge in [-0.3, -0.25) is 0 Å². The SMILES string of the molecule is Cc1ncsc1CNc1nc(Cl)nc(Cl)n1. The first-order valence-corrected chi connectivity index (χ1v) is 5.98. The van der Waals surface area contributed by atoms with Crippen molar-refractivity contribution in [2.24, 2.45) is 0 Å². The van der Waals surface area contributed by atoms with Gasteiger partial charge in [-0.05, 0) is 30.1 Å². The smallest absolute Gasteiger partial charge is 0.228 e. The molecule has 8 heteroatoms. The number of nitrogens with zero attached hydrogens (tertiary/aromatic N) is 4. The highest BCUT2D eigenvalue weighted by Gasteiger charge is 2.05. The Morgan fingerprint density at radius 3 is 2.50 bits per heavy atom. The van der Waals surface area contributed by atoms with Crippen molar-refractivity contribution in [1.82, 2.24) is 19.9 Å². The van der Waals surface area contributed by atoms with E-state index >= 15 is 0 Å². The van der Waals surface area contributed by atoms with Crippen LogP contribution in [0.2, 0.25) is 10.6 Å². The van der Waals surface area contributed by atoms with Crippen molar-refractivity contribution in [2.45, 2.75) is 13.5 Å². The maximum absolute atomic E-state index is 5.65. The summed E-state index contributed by atoms with van der Waals surface area (Å²) in [6.07, 6.45) is 0. The summed E-state index contributed by atoms with van der Waals surface area (Å²) in [7, 11) is 0. The summed E-state index contributed by atoms with van der Waals surface area (Å²) in [6.45, 7) is 2.54. The molecule has 0 aliphatic carbocycles. The van der Waals surface area contributed by atoms with Gasteiger partial charge in [0, 0.05) is 4.88 Å². The lowest BCUT2D eigenvalue weighted by Gasteiger charge is -2.03. The molecule has 0 aliphatic heterocycles. The van der Waals surface area contributed by atoms with E-state index in [1.807, 2.05) is 6.92 Å². The summed E-state index contributed by atoms with van der Waals surface area (Å²) < 4.78 is 0. The molecule has 0 bridgehead atoms. The fraction of sp³-hybridized carbons (Fsp3) is 0.250. The number of anilines is 1. The molecule has 2 heterocycles. The number of hydrogen-bond acceptors (Lipinski definition) is 6. The Kier molecular flexibility index (Phi) is 3.52. The van der Waals surface area contributed by atoms with Crippen LogP contribution in [0.1, 0.15) is 10.6 Å². The van der Waals surface area contributed by atoms with Gasteiger partial charge in [0.1, 0.15) is 0 Å². The van der Waals surface area contributed by atoms with Gasteiger partial charge in [-0.1, -0.05) is 0 Å². The molecule has 2 aromatic rings. The maximum atomic E-state index is 5.65. The number of hydrogen-bond donors (Lipinski definition) is 1. The molecule has 16 heavy (non-hydrogen) atoms. The monoisotopic (exact) mass is 275 g/mol. The lowest BCUT2D eigenvalue weighted by molar-refractivity contribution is 1.00. The summed E-state index contributed by atoms with van der Waals surface area (Å²) in [5.74, 6) is 0.359. The number of aryl methyl sites for hydroxylation is 1. The third kappa shape index (κ3) is 2.78. The highest BCUT2D eigenvalue weighted by Crippen LogP contribution is 2.15. The Morgan fingerprint density at radius 2 is 1.94 bits per heavy atom. The Balaban J connectivity index is 2.07. The van der Waals surface area contributed by atoms with Gasteiger partial charge in [0.25, 0.3) is 0 Å². The molecule has 2 aromatic heterocycles. The molecular formula is C8H7Cl2N5S. The molecule has 84 valence electrons. The predicted octanol–water partition coefficient (Wildman–Crippen LogP) is 2.56. The number of halogens is 2. The summed E-state index contributed by atoms with van der Waals surface area (Å²) >= 11 is 12.9. The van der Waals surface area contributed by atoms with Crippen LogP contribution in [0.4, 0.5) is 5.95 Å². The topological polar surface area (TPSA) is 63.6 Å². The standard InChI is InChI=1S/C8H7Cl2N5S/c1-4-5(16-3-12-4)2-11-8-14-6(9)13-7(10)15-8/h3H,2H2,1H3,(H,11,13,14,15). The Labute approximate surface area is 106 Å². The second-order valence-electron chi connectivity index (χ2n) is 2.91. The molecule has 0 radical (unpaired) electrons. The molecule has 0 unspecified atom stereocenters. The van der Waals surface area contributed by atoms with Crippen molar-refractivity contribution in [1.29, 1.82) is 0 Å². The van der Waals surface area contributed by atoms with Crippen LogP contribution in [-0.2, 0) is 6.54 Å². The van der Waals surface area contributed by atoms with Crippen molar-refractivity contribution < 1.29 is 0 Å². The van der Waals surface area contributed by atoms with E-state index in [2.05, 4.69) is 25.3 Å². The summed E-state index contributed by atoms with van der Waals surface area (Å²) in [5, 5.41) is 3.15. The first-order valence-electron chi connectivity index (χ1n) is 4.35. The number of aromatic nitrogens is 4. The van der Waals surface area contributed by atoms with Crippen molar-refractivity contribution >= 4 is 40.5 Å². The minimum atomic E-state index is 0.0727. The highest BCUT2D eigenvalue weighted by atomic mass is 35.5. The van der Waals surface area contributed by atoms with E-state index in [1.165, 1.54) is 0 Å². The first kappa shape index (κ1) is 11.5. The molecular weight excluding hydrogens is 269 g/mol. The van der Waals surface area contributed by atoms with Crippen molar-refractivity contribution in [2.75, 3.05) is 5.32 Å². The molecule has 0 aromatic carbocycles. The van der Waals surface area contributed by atoms with Gasteiger partial charge in [0.2, 0.25) is 16.5 Å². The van der Waals surface area contributed by atoms with E-state index < -0.39 is 0 Å². The zero-order valence-corrected chi connectivity index (χ0v) is 10.6. The van der Waals surface area contributed by atoms with Crippen LogP contribution in [0.25, 0.3) is 0 Å². The molecule has 0 saturated carbocycles. The van der Waals surface area contributed by atoms with E-state index in [-0.39, 0.29) is 10.6 Å². The molecule has 0 amide bonds. The fourth-order valence-corrected chi connectivity index (χ4v) is 2.14. The average Bonchev–Trinajstić information content (AvgIpc) is 2.59. The van der Waals surface area contributed by atoms with Gasteiger partial charge in [-0.2, -0.15) is 15.0 Å². The van der Waals surface area contributed by atoms with Gasteiger partial charge in [-0.25, -0.2) is 4.98 Å².